The van der Waals surface area contributed by atoms with Gasteiger partial charge in [-0.2, -0.15) is 0 Å². The Kier molecular flexibility index (Phi) is 3.17. The van der Waals surface area contributed by atoms with E-state index in [9.17, 15) is 4.79 Å². The molecule has 0 radical (unpaired) electrons. The number of hydrogen-bond acceptors (Lipinski definition) is 4. The maximum Gasteiger partial charge on any atom is 0.335 e. The van der Waals surface area contributed by atoms with Crippen molar-refractivity contribution in [1.82, 2.24) is 0 Å². The van der Waals surface area contributed by atoms with Crippen molar-refractivity contribution < 1.29 is 24.1 Å². The Morgan fingerprint density at radius 1 is 1.00 bits per heavy atom. The first kappa shape index (κ1) is 13.3. The van der Waals surface area contributed by atoms with Crippen molar-refractivity contribution in [2.45, 2.75) is 20.0 Å². The number of carboxylic acids is 1. The minimum Gasteiger partial charge on any atom is -0.491 e. The molecule has 5 nitrogen and oxygen atoms in total. The number of ether oxygens (including phenoxy) is 3. The largest absolute Gasteiger partial charge is 0.491 e. The van der Waals surface area contributed by atoms with E-state index in [0.717, 1.165) is 0 Å². The monoisotopic (exact) mass is 286 g/mol. The molecule has 1 heterocycles. The van der Waals surface area contributed by atoms with Crippen molar-refractivity contribution >= 4 is 5.97 Å². The first-order valence-electron chi connectivity index (χ1n) is 6.56. The van der Waals surface area contributed by atoms with E-state index in [-0.39, 0.29) is 11.7 Å². The van der Waals surface area contributed by atoms with Gasteiger partial charge in [-0.25, -0.2) is 4.79 Å². The van der Waals surface area contributed by atoms with Crippen LogP contribution < -0.4 is 14.2 Å². The van der Waals surface area contributed by atoms with E-state index in [4.69, 9.17) is 19.3 Å². The third kappa shape index (κ3) is 2.63. The fraction of sp³-hybridized carbons (Fsp3) is 0.188. The molecule has 21 heavy (non-hydrogen) atoms. The average molecular weight is 286 g/mol. The Labute approximate surface area is 121 Å². The Hall–Kier alpha value is -2.69. The normalized spacial score (nSPS) is 12.0. The summed E-state index contributed by atoms with van der Waals surface area (Å²) in [7, 11) is 0. The van der Waals surface area contributed by atoms with Gasteiger partial charge in [-0.1, -0.05) is 0 Å². The number of benzene rings is 2. The molecular weight excluding hydrogens is 272 g/mol. The van der Waals surface area contributed by atoms with Crippen molar-refractivity contribution in [3.8, 4) is 28.7 Å². The van der Waals surface area contributed by atoms with Gasteiger partial charge < -0.3 is 19.3 Å². The van der Waals surface area contributed by atoms with Crippen LogP contribution in [0, 0.1) is 0 Å². The molecule has 1 aliphatic heterocycles. The van der Waals surface area contributed by atoms with Gasteiger partial charge in [0.15, 0.2) is 23.0 Å². The third-order valence-electron chi connectivity index (χ3n) is 2.92. The van der Waals surface area contributed by atoms with Gasteiger partial charge in [0.1, 0.15) is 5.75 Å². The maximum absolute atomic E-state index is 11.0. The molecule has 1 N–H and O–H groups in total. The van der Waals surface area contributed by atoms with Gasteiger partial charge in [-0.05, 0) is 44.2 Å². The number of hydrogen-bond donors (Lipinski definition) is 1. The highest BCUT2D eigenvalue weighted by atomic mass is 16.6. The van der Waals surface area contributed by atoms with Crippen molar-refractivity contribution in [1.29, 1.82) is 0 Å². The van der Waals surface area contributed by atoms with Crippen LogP contribution >= 0.6 is 0 Å². The van der Waals surface area contributed by atoms with E-state index < -0.39 is 5.97 Å². The van der Waals surface area contributed by atoms with Crippen LogP contribution in [0.3, 0.4) is 0 Å². The molecule has 0 unspecified atom stereocenters. The molecule has 0 spiro atoms. The van der Waals surface area contributed by atoms with Gasteiger partial charge >= 0.3 is 5.97 Å². The minimum absolute atomic E-state index is 0.0676. The highest BCUT2D eigenvalue weighted by molar-refractivity contribution is 5.88. The molecule has 3 rings (SSSR count). The molecule has 0 aromatic heterocycles. The quantitative estimate of drug-likeness (QED) is 0.786. The molecule has 0 fully saturated rings. The molecule has 0 amide bonds. The summed E-state index contributed by atoms with van der Waals surface area (Å²) in [5.41, 5.74) is 0.153. The second-order valence-corrected chi connectivity index (χ2v) is 4.95. The van der Waals surface area contributed by atoms with Gasteiger partial charge in [0, 0.05) is 6.07 Å². The molecule has 1 aliphatic rings. The van der Waals surface area contributed by atoms with E-state index >= 15 is 0 Å². The molecule has 5 heteroatoms. The van der Waals surface area contributed by atoms with Crippen LogP contribution in [0.4, 0.5) is 0 Å². The lowest BCUT2D eigenvalue weighted by Crippen LogP contribution is -2.06. The Morgan fingerprint density at radius 3 is 2.24 bits per heavy atom. The zero-order valence-electron chi connectivity index (χ0n) is 11.6. The number of carboxylic acid groups (broad SMARTS) is 1. The summed E-state index contributed by atoms with van der Waals surface area (Å²) in [4.78, 5) is 11.0. The van der Waals surface area contributed by atoms with Crippen molar-refractivity contribution in [2.75, 3.05) is 0 Å². The Bertz CT molecular complexity index is 706. The van der Waals surface area contributed by atoms with Crippen LogP contribution in [0.2, 0.25) is 0 Å². The van der Waals surface area contributed by atoms with Crippen LogP contribution in [-0.2, 0) is 0 Å². The molecule has 0 saturated carbocycles. The SMILES string of the molecule is CC(C)Oc1ccc2c(c1)Oc1ccc(C(=O)O)cc1O2. The topological polar surface area (TPSA) is 65.0 Å². The second kappa shape index (κ2) is 5.01. The summed E-state index contributed by atoms with van der Waals surface area (Å²) in [6.07, 6.45) is 0.0676. The Balaban J connectivity index is 1.92. The first-order chi connectivity index (χ1) is 10.0. The van der Waals surface area contributed by atoms with Crippen LogP contribution in [0.5, 0.6) is 28.7 Å². The zero-order chi connectivity index (χ0) is 15.0. The van der Waals surface area contributed by atoms with Gasteiger partial charge in [0.2, 0.25) is 0 Å². The van der Waals surface area contributed by atoms with Crippen LogP contribution in [0.15, 0.2) is 36.4 Å². The van der Waals surface area contributed by atoms with Gasteiger partial charge in [0.25, 0.3) is 0 Å². The molecule has 108 valence electrons. The predicted octanol–water partition coefficient (Wildman–Crippen LogP) is 4.07. The van der Waals surface area contributed by atoms with E-state index in [1.165, 1.54) is 12.1 Å². The summed E-state index contributed by atoms with van der Waals surface area (Å²) in [5, 5.41) is 8.99. The number of rotatable bonds is 3. The van der Waals surface area contributed by atoms with E-state index in [1.807, 2.05) is 13.8 Å². The lowest BCUT2D eigenvalue weighted by Gasteiger charge is -2.21. The molecule has 0 bridgehead atoms. The second-order valence-electron chi connectivity index (χ2n) is 4.95. The minimum atomic E-state index is -1.01. The van der Waals surface area contributed by atoms with Gasteiger partial charge in [-0.15, -0.1) is 0 Å². The molecule has 0 saturated heterocycles. The molecular formula is C16H14O5. The standard InChI is InChI=1S/C16H14O5/c1-9(2)19-11-4-6-13-15(8-11)21-12-5-3-10(16(17)18)7-14(12)20-13/h3-9H,1-2H3,(H,17,18). The smallest absolute Gasteiger partial charge is 0.335 e. The zero-order valence-corrected chi connectivity index (χ0v) is 11.6. The van der Waals surface area contributed by atoms with Crippen LogP contribution in [-0.4, -0.2) is 17.2 Å². The van der Waals surface area contributed by atoms with Crippen LogP contribution in [0.25, 0.3) is 0 Å². The van der Waals surface area contributed by atoms with Crippen LogP contribution in [0.1, 0.15) is 24.2 Å². The summed E-state index contributed by atoms with van der Waals surface area (Å²) in [6, 6.07) is 9.78. The van der Waals surface area contributed by atoms with Gasteiger partial charge in [0.05, 0.1) is 11.7 Å². The van der Waals surface area contributed by atoms with E-state index in [2.05, 4.69) is 0 Å². The predicted molar refractivity (Wildman–Crippen MR) is 75.8 cm³/mol. The van der Waals surface area contributed by atoms with E-state index in [0.29, 0.717) is 28.7 Å². The Morgan fingerprint density at radius 2 is 1.62 bits per heavy atom. The summed E-state index contributed by atoms with van der Waals surface area (Å²) in [6.45, 7) is 3.89. The fourth-order valence-electron chi connectivity index (χ4n) is 2.04. The maximum atomic E-state index is 11.0. The number of aromatic carboxylic acids is 1. The first-order valence-corrected chi connectivity index (χ1v) is 6.56. The summed E-state index contributed by atoms with van der Waals surface area (Å²) >= 11 is 0. The van der Waals surface area contributed by atoms with Crippen molar-refractivity contribution in [2.24, 2.45) is 0 Å². The van der Waals surface area contributed by atoms with Gasteiger partial charge in [-0.3, -0.25) is 0 Å². The summed E-state index contributed by atoms with van der Waals surface area (Å²) < 4.78 is 17.0. The molecule has 2 aromatic carbocycles. The van der Waals surface area contributed by atoms with Crippen molar-refractivity contribution in [3.63, 3.8) is 0 Å². The highest BCUT2D eigenvalue weighted by Gasteiger charge is 2.21. The highest BCUT2D eigenvalue weighted by Crippen LogP contribution is 2.46. The summed E-state index contributed by atoms with van der Waals surface area (Å²) in [5.74, 6) is 1.63. The lowest BCUT2D eigenvalue weighted by atomic mass is 10.2. The van der Waals surface area contributed by atoms with E-state index in [1.54, 1.807) is 24.3 Å². The molecule has 2 aromatic rings. The number of carbonyl (C=O) groups is 1. The number of fused-ring (bicyclic) bond motifs is 2. The third-order valence-corrected chi connectivity index (χ3v) is 2.92. The molecule has 0 aliphatic carbocycles. The lowest BCUT2D eigenvalue weighted by molar-refractivity contribution is 0.0696. The van der Waals surface area contributed by atoms with Crippen molar-refractivity contribution in [3.05, 3.63) is 42.0 Å². The average Bonchev–Trinajstić information content (AvgIpc) is 2.43. The molecule has 0 atom stereocenters. The fourth-order valence-corrected chi connectivity index (χ4v) is 2.04.